The van der Waals surface area contributed by atoms with Gasteiger partial charge in [-0.15, -0.1) is 0 Å². The van der Waals surface area contributed by atoms with Gasteiger partial charge in [-0.3, -0.25) is 19.2 Å². The topological polar surface area (TPSA) is 114 Å². The summed E-state index contributed by atoms with van der Waals surface area (Å²) < 4.78 is 30.8. The minimum Gasteiger partial charge on any atom is -0.463 e. The van der Waals surface area contributed by atoms with Crippen LogP contribution in [-0.4, -0.2) is 61.5 Å². The van der Waals surface area contributed by atoms with Crippen LogP contribution in [0.5, 0.6) is 0 Å². The lowest BCUT2D eigenvalue weighted by Gasteiger charge is -2.40. The molecule has 9 nitrogen and oxygen atoms in total. The molecule has 1 aliphatic heterocycles. The summed E-state index contributed by atoms with van der Waals surface area (Å²) in [6, 6.07) is 0. The zero-order valence-electron chi connectivity index (χ0n) is 55.8. The maximum Gasteiger partial charge on any atom is 0.306 e. The number of esters is 4. The zero-order valence-corrected chi connectivity index (χ0v) is 55.8. The van der Waals surface area contributed by atoms with Crippen LogP contribution in [0, 0.1) is 0 Å². The Morgan fingerprint density at radius 1 is 0.265 bits per heavy atom. The predicted molar refractivity (Wildman–Crippen MR) is 350 cm³/mol. The van der Waals surface area contributed by atoms with Crippen molar-refractivity contribution in [1.82, 2.24) is 0 Å². The Labute approximate surface area is 515 Å². The maximum absolute atomic E-state index is 13.8. The molecule has 0 saturated carbocycles. The van der Waals surface area contributed by atoms with Gasteiger partial charge in [-0.25, -0.2) is 0 Å². The second-order valence-corrected chi connectivity index (χ2v) is 25.9. The van der Waals surface area contributed by atoms with Gasteiger partial charge in [-0.2, -0.15) is 0 Å². The summed E-state index contributed by atoms with van der Waals surface area (Å²) in [5, 5.41) is 0. The smallest absolute Gasteiger partial charge is 0.306 e. The Morgan fingerprint density at radius 2 is 0.470 bits per heavy atom. The summed E-state index contributed by atoms with van der Waals surface area (Å²) in [5.74, 6) is -1.48. The van der Waals surface area contributed by atoms with Gasteiger partial charge in [0, 0.05) is 25.7 Å². The van der Waals surface area contributed by atoms with E-state index in [1.54, 1.807) is 0 Å². The number of carbonyl (C=O) groups excluding carboxylic acids is 4. The van der Waals surface area contributed by atoms with Crippen molar-refractivity contribution in [2.75, 3.05) is 13.2 Å². The van der Waals surface area contributed by atoms with Crippen LogP contribution in [0.2, 0.25) is 0 Å². The highest BCUT2D eigenvalue weighted by Gasteiger charge is 2.48. The Kier molecular flexibility index (Phi) is 59.7. The van der Waals surface area contributed by atoms with Crippen LogP contribution in [0.25, 0.3) is 0 Å². The van der Waals surface area contributed by atoms with Gasteiger partial charge >= 0.3 is 23.9 Å². The molecule has 490 valence electrons. The molecule has 0 unspecified atom stereocenters. The van der Waals surface area contributed by atoms with E-state index in [-0.39, 0.29) is 44.4 Å². The van der Waals surface area contributed by atoms with Gasteiger partial charge in [-0.05, 0) is 25.7 Å². The highest BCUT2D eigenvalue weighted by Crippen LogP contribution is 2.28. The van der Waals surface area contributed by atoms with E-state index in [1.807, 2.05) is 0 Å². The molecule has 0 aromatic heterocycles. The standard InChI is InChI=1S/C74H140O9/c1-5-9-13-17-21-25-29-33-37-41-45-49-53-57-61-69(75)80-65-67-73(82-71(77)63-59-55-51-47-43-39-35-31-27-23-19-15-11-7-3)74(83-72(78)64-60-56-52-48-44-40-36-32-28-24-20-16-12-8-4)68(66-79-67)81-70(76)62-58-54-50-46-42-38-34-30-26-22-18-14-10-6-2/h67-68,73-74H,5-66H2,1-4H3/t67-,68-,73-,74-/m1/s1. The molecule has 1 fully saturated rings. The maximum atomic E-state index is 13.8. The Bertz CT molecular complexity index is 1400. The van der Waals surface area contributed by atoms with Gasteiger partial charge in [0.25, 0.3) is 0 Å². The van der Waals surface area contributed by atoms with E-state index >= 15 is 0 Å². The largest absolute Gasteiger partial charge is 0.463 e. The molecule has 0 aromatic rings. The van der Waals surface area contributed by atoms with Gasteiger partial charge in [-0.1, -0.05) is 362 Å². The number of unbranched alkanes of at least 4 members (excludes halogenated alkanes) is 52. The quantitative estimate of drug-likeness (QED) is 0.0334. The molecule has 0 bridgehead atoms. The lowest BCUT2D eigenvalue weighted by molar-refractivity contribution is -0.233. The monoisotopic (exact) mass is 1170 g/mol. The molecular formula is C74H140O9. The Morgan fingerprint density at radius 3 is 0.723 bits per heavy atom. The number of rotatable bonds is 65. The van der Waals surface area contributed by atoms with Gasteiger partial charge in [0.1, 0.15) is 12.7 Å². The van der Waals surface area contributed by atoms with Crippen molar-refractivity contribution < 1.29 is 42.9 Å². The second-order valence-electron chi connectivity index (χ2n) is 25.9. The minimum atomic E-state index is -1.09. The van der Waals surface area contributed by atoms with Crippen LogP contribution >= 0.6 is 0 Å². The molecule has 0 radical (unpaired) electrons. The highest BCUT2D eigenvalue weighted by atomic mass is 16.7. The van der Waals surface area contributed by atoms with Gasteiger partial charge in [0.05, 0.1) is 6.61 Å². The normalized spacial score (nSPS) is 16.1. The number of hydrogen-bond donors (Lipinski definition) is 0. The molecule has 1 rings (SSSR count). The van der Waals surface area contributed by atoms with Crippen molar-refractivity contribution >= 4 is 23.9 Å². The molecule has 9 heteroatoms. The second kappa shape index (κ2) is 62.9. The first-order valence-electron chi connectivity index (χ1n) is 37.2. The van der Waals surface area contributed by atoms with Crippen molar-refractivity contribution in [2.24, 2.45) is 0 Å². The molecule has 4 atom stereocenters. The van der Waals surface area contributed by atoms with E-state index in [9.17, 15) is 19.2 Å². The molecule has 0 aliphatic carbocycles. The van der Waals surface area contributed by atoms with Crippen LogP contribution in [0.4, 0.5) is 0 Å². The molecule has 1 heterocycles. The van der Waals surface area contributed by atoms with E-state index in [4.69, 9.17) is 23.7 Å². The third-order valence-corrected chi connectivity index (χ3v) is 17.7. The van der Waals surface area contributed by atoms with Crippen molar-refractivity contribution in [3.05, 3.63) is 0 Å². The summed E-state index contributed by atoms with van der Waals surface area (Å²) in [4.78, 5) is 54.3. The van der Waals surface area contributed by atoms with Gasteiger partial charge < -0.3 is 23.7 Å². The van der Waals surface area contributed by atoms with E-state index in [0.717, 1.165) is 64.2 Å². The Hall–Kier alpha value is -2.16. The first kappa shape index (κ1) is 78.9. The average Bonchev–Trinajstić information content (AvgIpc) is 3.63. The van der Waals surface area contributed by atoms with Crippen LogP contribution in [0.15, 0.2) is 0 Å². The summed E-state index contributed by atoms with van der Waals surface area (Å²) in [6.07, 6.45) is 66.0. The predicted octanol–water partition coefficient (Wildman–Crippen LogP) is 23.1. The Balaban J connectivity index is 2.88. The van der Waals surface area contributed by atoms with Crippen molar-refractivity contribution in [3.63, 3.8) is 0 Å². The van der Waals surface area contributed by atoms with Gasteiger partial charge in [0.2, 0.25) is 0 Å². The van der Waals surface area contributed by atoms with E-state index in [0.29, 0.717) is 19.3 Å². The first-order chi connectivity index (χ1) is 40.9. The summed E-state index contributed by atoms with van der Waals surface area (Å²) in [7, 11) is 0. The number of carbonyl (C=O) groups is 4. The van der Waals surface area contributed by atoms with Gasteiger partial charge in [0.15, 0.2) is 18.3 Å². The summed E-state index contributed by atoms with van der Waals surface area (Å²) >= 11 is 0. The number of hydrogen-bond acceptors (Lipinski definition) is 9. The zero-order chi connectivity index (χ0) is 60.0. The van der Waals surface area contributed by atoms with E-state index < -0.39 is 36.4 Å². The third-order valence-electron chi connectivity index (χ3n) is 17.7. The number of ether oxygens (including phenoxy) is 5. The average molecular weight is 1170 g/mol. The lowest BCUT2D eigenvalue weighted by atomic mass is 9.99. The lowest BCUT2D eigenvalue weighted by Crippen LogP contribution is -2.59. The molecule has 1 saturated heterocycles. The van der Waals surface area contributed by atoms with Crippen molar-refractivity contribution in [1.29, 1.82) is 0 Å². The SMILES string of the molecule is CCCCCCCCCCCCCCCCC(=O)OC[C@H]1OC[C@@H](OC(=O)CCCCCCCCCCCCCCCC)[C@@H](OC(=O)CCCCCCCCCCCCCCCC)[C@@H]1OC(=O)CCCCCCCCCCCCCCCC. The van der Waals surface area contributed by atoms with Crippen molar-refractivity contribution in [3.8, 4) is 0 Å². The molecule has 83 heavy (non-hydrogen) atoms. The van der Waals surface area contributed by atoms with Crippen LogP contribution in [0.1, 0.15) is 413 Å². The fraction of sp³-hybridized carbons (Fsp3) is 0.946. The first-order valence-corrected chi connectivity index (χ1v) is 37.2. The highest BCUT2D eigenvalue weighted by molar-refractivity contribution is 5.72. The van der Waals surface area contributed by atoms with Crippen LogP contribution in [0.3, 0.4) is 0 Å². The molecule has 0 spiro atoms. The minimum absolute atomic E-state index is 0.0462. The molecule has 0 N–H and O–H groups in total. The molecule has 1 aliphatic rings. The van der Waals surface area contributed by atoms with Crippen LogP contribution < -0.4 is 0 Å². The fourth-order valence-electron chi connectivity index (χ4n) is 12.1. The van der Waals surface area contributed by atoms with E-state index in [2.05, 4.69) is 27.7 Å². The van der Waals surface area contributed by atoms with Crippen LogP contribution in [-0.2, 0) is 42.9 Å². The van der Waals surface area contributed by atoms with E-state index in [1.165, 1.54) is 283 Å². The molecule has 0 amide bonds. The summed E-state index contributed by atoms with van der Waals surface area (Å²) in [5.41, 5.74) is 0. The van der Waals surface area contributed by atoms with Crippen molar-refractivity contribution in [2.45, 2.75) is 437 Å². The molecule has 0 aromatic carbocycles. The fourth-order valence-corrected chi connectivity index (χ4v) is 12.1. The third kappa shape index (κ3) is 52.7. The summed E-state index contributed by atoms with van der Waals surface area (Å²) in [6.45, 7) is 8.90. The molecular weight excluding hydrogens is 1030 g/mol.